The van der Waals surface area contributed by atoms with E-state index in [9.17, 15) is 9.59 Å². The third kappa shape index (κ3) is 3.26. The number of aryl methyl sites for hydroxylation is 1. The van der Waals surface area contributed by atoms with E-state index in [1.807, 2.05) is 18.2 Å². The van der Waals surface area contributed by atoms with Crippen molar-refractivity contribution in [3.05, 3.63) is 46.4 Å². The number of aromatic amines is 1. The first-order valence-electron chi connectivity index (χ1n) is 6.04. The first kappa shape index (κ1) is 14.7. The van der Waals surface area contributed by atoms with Crippen LogP contribution < -0.4 is 21.0 Å². The van der Waals surface area contributed by atoms with Crippen molar-refractivity contribution < 1.29 is 9.48 Å². The maximum absolute atomic E-state index is 12.1. The van der Waals surface area contributed by atoms with Gasteiger partial charge in [-0.25, -0.2) is 10.2 Å². The molecule has 110 valence electrons. The molecule has 0 spiro atoms. The Morgan fingerprint density at radius 1 is 1.38 bits per heavy atom. The summed E-state index contributed by atoms with van der Waals surface area (Å²) in [4.78, 5) is 28.8. The summed E-state index contributed by atoms with van der Waals surface area (Å²) in [6, 6.07) is 9.07. The van der Waals surface area contributed by atoms with Gasteiger partial charge in [0, 0.05) is 12.2 Å². The molecule has 0 aliphatic rings. The zero-order valence-electron chi connectivity index (χ0n) is 11.5. The number of aliphatic imine (C=N–C) groups is 1. The molecule has 1 amide bonds. The Morgan fingerprint density at radius 3 is 2.67 bits per heavy atom. The standard InChI is InChI=1S/C12H14N6O2S/c1-13-10(19)9-11(20)18(16-17(9)2)15-12(21)14-8-6-4-3-5-7-8/h3-7H,1-2H3,(H3-,13,14,15,16,19,20,21). The lowest BCUT2D eigenvalue weighted by atomic mass is 10.3. The molecule has 2 rings (SSSR count). The number of amidine groups is 1. The summed E-state index contributed by atoms with van der Waals surface area (Å²) in [5, 5.41) is 5.13. The van der Waals surface area contributed by atoms with Gasteiger partial charge in [-0.15, -0.1) is 0 Å². The van der Waals surface area contributed by atoms with Gasteiger partial charge in [0.2, 0.25) is 0 Å². The Balaban J connectivity index is 2.27. The highest BCUT2D eigenvalue weighted by molar-refractivity contribution is 7.77. The molecule has 3 N–H and O–H groups in total. The van der Waals surface area contributed by atoms with Gasteiger partial charge in [-0.1, -0.05) is 23.4 Å². The fraction of sp³-hybridized carbons (Fsp3) is 0.167. The smallest absolute Gasteiger partial charge is 0.430 e. The number of H-pyrrole nitrogens is 1. The molecule has 9 heteroatoms. The highest BCUT2D eigenvalue weighted by Gasteiger charge is 2.25. The first-order valence-corrected chi connectivity index (χ1v) is 6.44. The summed E-state index contributed by atoms with van der Waals surface area (Å²) in [5.41, 5.74) is 2.67. The van der Waals surface area contributed by atoms with E-state index >= 15 is 0 Å². The maximum Gasteiger partial charge on any atom is 0.430 e. The fourth-order valence-corrected chi connectivity index (χ4v) is 1.88. The van der Waals surface area contributed by atoms with Crippen LogP contribution in [0.2, 0.25) is 0 Å². The molecular formula is C12H14N6O2S. The van der Waals surface area contributed by atoms with Crippen molar-refractivity contribution in [2.24, 2.45) is 12.0 Å². The van der Waals surface area contributed by atoms with Crippen LogP contribution in [0.4, 0.5) is 5.69 Å². The molecule has 0 saturated carbocycles. The lowest BCUT2D eigenvalue weighted by Crippen LogP contribution is -2.42. The molecule has 0 fully saturated rings. The van der Waals surface area contributed by atoms with E-state index in [0.717, 1.165) is 4.79 Å². The molecule has 1 aromatic carbocycles. The summed E-state index contributed by atoms with van der Waals surface area (Å²) >= 11 is 5.06. The van der Waals surface area contributed by atoms with Gasteiger partial charge in [-0.05, 0) is 16.9 Å². The van der Waals surface area contributed by atoms with E-state index in [2.05, 4.69) is 20.9 Å². The first-order chi connectivity index (χ1) is 10.0. The molecule has 0 aliphatic heterocycles. The topological polar surface area (TPSA) is 95.2 Å². The Hall–Kier alpha value is -2.68. The molecule has 0 bridgehead atoms. The zero-order chi connectivity index (χ0) is 15.4. The Bertz CT molecular complexity index is 734. The second-order valence-corrected chi connectivity index (χ2v) is 4.48. The molecule has 0 radical (unpaired) electrons. The van der Waals surface area contributed by atoms with Gasteiger partial charge in [0.1, 0.15) is 7.05 Å². The Kier molecular flexibility index (Phi) is 4.33. The minimum absolute atomic E-state index is 0.0486. The molecule has 1 aromatic heterocycles. The fourth-order valence-electron chi connectivity index (χ4n) is 1.68. The number of benzene rings is 1. The van der Waals surface area contributed by atoms with Crippen molar-refractivity contribution in [1.82, 2.24) is 15.3 Å². The number of nitrogens with one attached hydrogen (secondary N) is 3. The molecule has 0 atom stereocenters. The van der Waals surface area contributed by atoms with Crippen molar-refractivity contribution in [2.75, 3.05) is 12.5 Å². The van der Waals surface area contributed by atoms with E-state index in [1.54, 1.807) is 19.2 Å². The normalized spacial score (nSPS) is 11.2. The van der Waals surface area contributed by atoms with E-state index in [0.29, 0.717) is 5.69 Å². The van der Waals surface area contributed by atoms with Crippen LogP contribution in [0.5, 0.6) is 0 Å². The summed E-state index contributed by atoms with van der Waals surface area (Å²) in [6.07, 6.45) is 0. The number of carbonyl (C=O) groups excluding carboxylic acids is 1. The molecule has 8 nitrogen and oxygen atoms in total. The largest absolute Gasteiger partial charge is 0.739 e. The van der Waals surface area contributed by atoms with Crippen LogP contribution in [0, 0.1) is 0 Å². The van der Waals surface area contributed by atoms with E-state index in [4.69, 9.17) is 12.6 Å². The summed E-state index contributed by atoms with van der Waals surface area (Å²) in [6.45, 7) is 0. The predicted molar refractivity (Wildman–Crippen MR) is 79.9 cm³/mol. The molecule has 1 heterocycles. The highest BCUT2D eigenvalue weighted by Crippen LogP contribution is 2.09. The van der Waals surface area contributed by atoms with Crippen molar-refractivity contribution in [3.8, 4) is 0 Å². The van der Waals surface area contributed by atoms with Crippen LogP contribution in [0.1, 0.15) is 10.5 Å². The van der Waals surface area contributed by atoms with Crippen LogP contribution in [0.15, 0.2) is 40.1 Å². The minimum Gasteiger partial charge on any atom is -0.739 e. The summed E-state index contributed by atoms with van der Waals surface area (Å²) in [7, 11) is 2.99. The maximum atomic E-state index is 12.1. The lowest BCUT2D eigenvalue weighted by Gasteiger charge is -2.08. The van der Waals surface area contributed by atoms with Crippen LogP contribution in [-0.4, -0.2) is 28.1 Å². The summed E-state index contributed by atoms with van der Waals surface area (Å²) < 4.78 is 1.29. The van der Waals surface area contributed by atoms with Crippen LogP contribution in [-0.2, 0) is 19.7 Å². The number of hydrogen-bond acceptors (Lipinski definition) is 4. The van der Waals surface area contributed by atoms with Gasteiger partial charge in [0.05, 0.1) is 5.69 Å². The number of aromatic nitrogens is 3. The van der Waals surface area contributed by atoms with Crippen LogP contribution in [0.3, 0.4) is 0 Å². The van der Waals surface area contributed by atoms with Gasteiger partial charge in [0.15, 0.2) is 0 Å². The minimum atomic E-state index is -0.553. The number of amides is 1. The molecule has 21 heavy (non-hydrogen) atoms. The van der Waals surface area contributed by atoms with Crippen molar-refractivity contribution >= 4 is 29.4 Å². The number of hydrogen-bond donors (Lipinski definition) is 3. The second kappa shape index (κ2) is 6.18. The monoisotopic (exact) mass is 306 g/mol. The van der Waals surface area contributed by atoms with E-state index in [1.165, 1.54) is 11.7 Å². The van der Waals surface area contributed by atoms with Crippen molar-refractivity contribution in [3.63, 3.8) is 0 Å². The lowest BCUT2D eigenvalue weighted by molar-refractivity contribution is -0.733. The van der Waals surface area contributed by atoms with Gasteiger partial charge in [0.25, 0.3) is 0 Å². The van der Waals surface area contributed by atoms with Gasteiger partial charge in [-0.2, -0.15) is 4.68 Å². The molecule has 0 aliphatic carbocycles. The average molecular weight is 306 g/mol. The zero-order valence-corrected chi connectivity index (χ0v) is 12.3. The quantitative estimate of drug-likeness (QED) is 0.298. The molecule has 2 aromatic rings. The predicted octanol–water partition coefficient (Wildman–Crippen LogP) is -0.861. The second-order valence-electron chi connectivity index (χ2n) is 4.09. The number of rotatable bonds is 3. The number of carbonyl (C=O) groups is 1. The highest BCUT2D eigenvalue weighted by atomic mass is 32.1. The number of para-hydroxylation sites is 1. The van der Waals surface area contributed by atoms with Crippen molar-refractivity contribution in [1.29, 1.82) is 0 Å². The third-order valence-corrected chi connectivity index (χ3v) is 2.81. The molecule has 0 saturated heterocycles. The SMILES string of the molecule is CNC(=O)c1c(=O)n(NC([S-])=Nc2ccccc2)[nH][n+]1C. The Labute approximate surface area is 125 Å². The van der Waals surface area contributed by atoms with Crippen LogP contribution >= 0.6 is 0 Å². The van der Waals surface area contributed by atoms with Gasteiger partial charge >= 0.3 is 17.2 Å². The molecular weight excluding hydrogens is 292 g/mol. The third-order valence-electron chi connectivity index (χ3n) is 2.63. The van der Waals surface area contributed by atoms with Crippen LogP contribution in [0.25, 0.3) is 0 Å². The average Bonchev–Trinajstić information content (AvgIpc) is 2.73. The number of nitrogens with zero attached hydrogens (tertiary/aromatic N) is 3. The van der Waals surface area contributed by atoms with Crippen molar-refractivity contribution in [2.45, 2.75) is 0 Å². The van der Waals surface area contributed by atoms with E-state index in [-0.39, 0.29) is 10.9 Å². The van der Waals surface area contributed by atoms with Gasteiger partial charge in [-0.3, -0.25) is 9.79 Å². The molecule has 0 unspecified atom stereocenters. The Morgan fingerprint density at radius 2 is 2.05 bits per heavy atom. The van der Waals surface area contributed by atoms with E-state index < -0.39 is 11.5 Å². The summed E-state index contributed by atoms with van der Waals surface area (Å²) in [5.74, 6) is -0.495. The van der Waals surface area contributed by atoms with Gasteiger partial charge < -0.3 is 17.9 Å².